The van der Waals surface area contributed by atoms with Crippen molar-refractivity contribution < 1.29 is 22.7 Å². The van der Waals surface area contributed by atoms with Crippen molar-refractivity contribution in [3.63, 3.8) is 0 Å². The van der Waals surface area contributed by atoms with Gasteiger partial charge in [-0.2, -0.15) is 5.26 Å². The smallest absolute Gasteiger partial charge is 0.324 e. The van der Waals surface area contributed by atoms with E-state index in [2.05, 4.69) is 16.4 Å². The molecule has 1 saturated carbocycles. The van der Waals surface area contributed by atoms with Gasteiger partial charge in [-0.1, -0.05) is 12.5 Å². The molecular weight excluding hydrogens is 420 g/mol. The Morgan fingerprint density at radius 3 is 2.74 bits per heavy atom. The summed E-state index contributed by atoms with van der Waals surface area (Å²) in [7, 11) is -3.38. The molecule has 3 rings (SSSR count). The number of hydrogen-bond acceptors (Lipinski definition) is 7. The van der Waals surface area contributed by atoms with Gasteiger partial charge in [-0.25, -0.2) is 18.2 Å². The summed E-state index contributed by atoms with van der Waals surface area (Å²) in [4.78, 5) is 28.5. The van der Waals surface area contributed by atoms with Gasteiger partial charge in [-0.3, -0.25) is 10.1 Å². The lowest BCUT2D eigenvalue weighted by atomic mass is 10.0. The summed E-state index contributed by atoms with van der Waals surface area (Å²) in [6.07, 6.45) is 4.11. The highest BCUT2D eigenvalue weighted by Crippen LogP contribution is 2.29. The van der Waals surface area contributed by atoms with Crippen LogP contribution in [0.3, 0.4) is 0 Å². The van der Waals surface area contributed by atoms with Crippen LogP contribution in [0.25, 0.3) is 0 Å². The van der Waals surface area contributed by atoms with Crippen LogP contribution in [-0.4, -0.2) is 61.4 Å². The molecule has 10 heteroatoms. The summed E-state index contributed by atoms with van der Waals surface area (Å²) in [6, 6.07) is 6.94. The molecule has 1 aliphatic carbocycles. The topological polar surface area (TPSA) is 129 Å². The van der Waals surface area contributed by atoms with Crippen LogP contribution in [0.5, 0.6) is 5.88 Å². The Hall–Kier alpha value is -2.67. The summed E-state index contributed by atoms with van der Waals surface area (Å²) in [5, 5.41) is 11.4. The fraction of sp³-hybridized carbons (Fsp3) is 0.619. The monoisotopic (exact) mass is 448 g/mol. The molecule has 31 heavy (non-hydrogen) atoms. The predicted octanol–water partition coefficient (Wildman–Crippen LogP) is 2.00. The number of sulfone groups is 1. The fourth-order valence-corrected chi connectivity index (χ4v) is 5.15. The third-order valence-corrected chi connectivity index (χ3v) is 7.19. The third-order valence-electron chi connectivity index (χ3n) is 5.37. The first-order valence-electron chi connectivity index (χ1n) is 10.6. The second-order valence-electron chi connectivity index (χ2n) is 8.16. The van der Waals surface area contributed by atoms with Crippen LogP contribution < -0.4 is 10.1 Å². The molecule has 0 unspecified atom stereocenters. The van der Waals surface area contributed by atoms with Crippen molar-refractivity contribution in [2.45, 2.75) is 44.4 Å². The van der Waals surface area contributed by atoms with Crippen molar-refractivity contribution in [3.8, 4) is 11.9 Å². The maximum absolute atomic E-state index is 12.6. The van der Waals surface area contributed by atoms with Crippen molar-refractivity contribution in [1.29, 1.82) is 5.26 Å². The number of carbonyl (C=O) groups is 2. The largest absolute Gasteiger partial charge is 0.477 e. The number of urea groups is 1. The van der Waals surface area contributed by atoms with Crippen molar-refractivity contribution in [3.05, 3.63) is 23.9 Å². The maximum atomic E-state index is 12.6. The Bertz CT molecular complexity index is 939. The maximum Gasteiger partial charge on any atom is 0.324 e. The van der Waals surface area contributed by atoms with Crippen molar-refractivity contribution in [2.24, 2.45) is 5.92 Å². The highest BCUT2D eigenvalue weighted by molar-refractivity contribution is 7.91. The number of nitrogens with zero attached hydrogens (tertiary/aromatic N) is 3. The van der Waals surface area contributed by atoms with Gasteiger partial charge in [-0.05, 0) is 37.7 Å². The van der Waals surface area contributed by atoms with Gasteiger partial charge in [0.05, 0.1) is 24.2 Å². The van der Waals surface area contributed by atoms with E-state index in [9.17, 15) is 23.3 Å². The number of ether oxygens (including phenoxy) is 1. The van der Waals surface area contributed by atoms with E-state index in [1.807, 2.05) is 0 Å². The first kappa shape index (κ1) is 23.0. The zero-order valence-electron chi connectivity index (χ0n) is 17.5. The number of aromatic nitrogens is 1. The van der Waals surface area contributed by atoms with Crippen LogP contribution in [0, 0.1) is 17.2 Å². The number of unbranched alkanes of at least 4 members (excludes halogenated alkanes) is 2. The van der Waals surface area contributed by atoms with Crippen LogP contribution >= 0.6 is 0 Å². The molecule has 1 aromatic heterocycles. The van der Waals surface area contributed by atoms with E-state index in [1.165, 1.54) is 17.7 Å². The van der Waals surface area contributed by atoms with Gasteiger partial charge in [0.25, 0.3) is 0 Å². The molecule has 1 atom stereocenters. The molecule has 1 saturated heterocycles. The highest BCUT2D eigenvalue weighted by atomic mass is 32.2. The van der Waals surface area contributed by atoms with E-state index in [4.69, 9.17) is 4.74 Å². The molecule has 2 aliphatic rings. The van der Waals surface area contributed by atoms with E-state index in [0.717, 1.165) is 0 Å². The van der Waals surface area contributed by atoms with E-state index in [1.54, 1.807) is 18.2 Å². The average Bonchev–Trinajstić information content (AvgIpc) is 3.50. The highest BCUT2D eigenvalue weighted by Gasteiger charge is 2.26. The Labute approximate surface area is 182 Å². The van der Waals surface area contributed by atoms with Crippen molar-refractivity contribution in [1.82, 2.24) is 15.2 Å². The molecule has 2 fully saturated rings. The minimum Gasteiger partial charge on any atom is -0.477 e. The van der Waals surface area contributed by atoms with E-state index in [0.29, 0.717) is 49.9 Å². The Morgan fingerprint density at radius 2 is 2.06 bits per heavy atom. The van der Waals surface area contributed by atoms with Crippen molar-refractivity contribution >= 4 is 21.8 Å². The molecule has 0 bridgehead atoms. The van der Waals surface area contributed by atoms with E-state index in [-0.39, 0.29) is 30.4 Å². The number of nitriles is 1. The van der Waals surface area contributed by atoms with E-state index < -0.39 is 21.8 Å². The third kappa shape index (κ3) is 7.51. The van der Waals surface area contributed by atoms with Crippen molar-refractivity contribution in [2.75, 3.05) is 31.2 Å². The zero-order valence-corrected chi connectivity index (χ0v) is 18.3. The van der Waals surface area contributed by atoms with E-state index >= 15 is 0 Å². The first-order valence-corrected chi connectivity index (χ1v) is 12.4. The standard InChI is InChI=1S/C21H28N4O5S/c22-10-9-17(18-5-4-6-20(23-18)30-14-16-7-8-16)15-31(28,29)12-3-1-2-11-25-13-19(26)24-21(25)27/h4-6,16-17H,1-3,7-9,11-15H2,(H,24,26,27)/t17-/m0/s1. The van der Waals surface area contributed by atoms with Gasteiger partial charge in [0.1, 0.15) is 6.54 Å². The number of pyridine rings is 1. The molecule has 1 N–H and O–H groups in total. The van der Waals surface area contributed by atoms with Gasteiger partial charge in [-0.15, -0.1) is 0 Å². The Kier molecular flexibility index (Phi) is 7.85. The lowest BCUT2D eigenvalue weighted by Crippen LogP contribution is -2.29. The minimum absolute atomic E-state index is 0.0118. The molecule has 1 aliphatic heterocycles. The fourth-order valence-electron chi connectivity index (χ4n) is 3.44. The van der Waals surface area contributed by atoms with Crippen LogP contribution in [0.4, 0.5) is 4.79 Å². The Morgan fingerprint density at radius 1 is 1.26 bits per heavy atom. The summed E-state index contributed by atoms with van der Waals surface area (Å²) >= 11 is 0. The molecule has 2 heterocycles. The number of imide groups is 1. The second-order valence-corrected chi connectivity index (χ2v) is 10.4. The summed E-state index contributed by atoms with van der Waals surface area (Å²) in [5.41, 5.74) is 0.558. The van der Waals surface area contributed by atoms with Crippen LogP contribution in [0.1, 0.15) is 50.1 Å². The average molecular weight is 449 g/mol. The quantitative estimate of drug-likeness (QED) is 0.361. The van der Waals surface area contributed by atoms with Crippen LogP contribution in [0.2, 0.25) is 0 Å². The van der Waals surface area contributed by atoms with Gasteiger partial charge in [0.2, 0.25) is 11.8 Å². The molecule has 1 aromatic rings. The van der Waals surface area contributed by atoms with Crippen LogP contribution in [-0.2, 0) is 14.6 Å². The normalized spacial score (nSPS) is 17.3. The summed E-state index contributed by atoms with van der Waals surface area (Å²) in [5.74, 6) is 0.112. The molecule has 0 aromatic carbocycles. The Balaban J connectivity index is 1.46. The number of hydrogen-bond donors (Lipinski definition) is 1. The summed E-state index contributed by atoms with van der Waals surface area (Å²) in [6.45, 7) is 1.10. The number of nitrogens with one attached hydrogen (secondary N) is 1. The van der Waals surface area contributed by atoms with Gasteiger partial charge in [0.15, 0.2) is 9.84 Å². The molecule has 0 spiro atoms. The molecular formula is C21H28N4O5S. The van der Waals surface area contributed by atoms with Gasteiger partial charge >= 0.3 is 6.03 Å². The number of rotatable bonds is 13. The molecule has 0 radical (unpaired) electrons. The SMILES string of the molecule is N#CC[C@@H](CS(=O)(=O)CCCCCN1CC(=O)NC1=O)c1cccc(OCC2CC2)n1. The molecule has 168 valence electrons. The van der Waals surface area contributed by atoms with Crippen LogP contribution in [0.15, 0.2) is 18.2 Å². The predicted molar refractivity (Wildman–Crippen MR) is 113 cm³/mol. The lowest BCUT2D eigenvalue weighted by molar-refractivity contribution is -0.118. The van der Waals surface area contributed by atoms with Gasteiger partial charge in [0, 0.05) is 30.6 Å². The number of carbonyl (C=O) groups excluding carboxylic acids is 2. The first-order chi connectivity index (χ1) is 14.9. The summed E-state index contributed by atoms with van der Waals surface area (Å²) < 4.78 is 30.9. The lowest BCUT2D eigenvalue weighted by Gasteiger charge is -2.15. The van der Waals surface area contributed by atoms with Gasteiger partial charge < -0.3 is 9.64 Å². The zero-order chi connectivity index (χ0) is 22.3. The molecule has 9 nitrogen and oxygen atoms in total. The minimum atomic E-state index is -3.38. The second kappa shape index (κ2) is 10.6. The molecule has 3 amide bonds. The number of amides is 3.